The molecule has 1 amide bonds. The number of piperidine rings is 1. The van der Waals surface area contributed by atoms with Crippen LogP contribution >= 0.6 is 23.2 Å². The van der Waals surface area contributed by atoms with Gasteiger partial charge in [-0.3, -0.25) is 9.59 Å². The normalized spacial score (nSPS) is 18.6. The first-order valence-electron chi connectivity index (χ1n) is 6.92. The topological polar surface area (TPSA) is 57.6 Å². The summed E-state index contributed by atoms with van der Waals surface area (Å²) in [6.07, 6.45) is 2.24. The molecule has 2 rings (SSSR count). The Kier molecular flexibility index (Phi) is 5.48. The molecule has 1 saturated heterocycles. The monoisotopic (exact) mass is 329 g/mol. The lowest BCUT2D eigenvalue weighted by Crippen LogP contribution is -2.42. The van der Waals surface area contributed by atoms with E-state index < -0.39 is 11.9 Å². The van der Waals surface area contributed by atoms with Gasteiger partial charge >= 0.3 is 5.97 Å². The average molecular weight is 330 g/mol. The molecule has 1 heterocycles. The van der Waals surface area contributed by atoms with Crippen LogP contribution in [-0.4, -0.2) is 35.0 Å². The summed E-state index contributed by atoms with van der Waals surface area (Å²) in [4.78, 5) is 24.8. The van der Waals surface area contributed by atoms with Crippen molar-refractivity contribution in [1.29, 1.82) is 0 Å². The van der Waals surface area contributed by atoms with E-state index in [1.165, 1.54) is 0 Å². The number of amides is 1. The SMILES string of the molecule is O=C(O)C1CCCN(C(=O)CCc2ccc(Cl)cc2Cl)C1. The van der Waals surface area contributed by atoms with Crippen LogP contribution in [0.25, 0.3) is 0 Å². The van der Waals surface area contributed by atoms with Crippen LogP contribution in [0.1, 0.15) is 24.8 Å². The third kappa shape index (κ3) is 4.35. The predicted molar refractivity (Wildman–Crippen MR) is 81.7 cm³/mol. The molecule has 1 atom stereocenters. The molecule has 0 bridgehead atoms. The zero-order valence-corrected chi connectivity index (χ0v) is 13.0. The lowest BCUT2D eigenvalue weighted by molar-refractivity contribution is -0.145. The van der Waals surface area contributed by atoms with Crippen LogP contribution < -0.4 is 0 Å². The van der Waals surface area contributed by atoms with Crippen LogP contribution in [0.5, 0.6) is 0 Å². The minimum atomic E-state index is -0.826. The largest absolute Gasteiger partial charge is 0.481 e. The number of hydrogen-bond acceptors (Lipinski definition) is 2. The Bertz CT molecular complexity index is 548. The van der Waals surface area contributed by atoms with Crippen molar-refractivity contribution in [1.82, 2.24) is 4.90 Å². The number of carboxylic acid groups (broad SMARTS) is 1. The Balaban J connectivity index is 1.90. The maximum absolute atomic E-state index is 12.2. The molecule has 0 aliphatic carbocycles. The van der Waals surface area contributed by atoms with Crippen LogP contribution in [0.2, 0.25) is 10.0 Å². The highest BCUT2D eigenvalue weighted by molar-refractivity contribution is 6.35. The Hall–Kier alpha value is -1.26. The summed E-state index contributed by atoms with van der Waals surface area (Å²) >= 11 is 11.9. The maximum Gasteiger partial charge on any atom is 0.308 e. The minimum Gasteiger partial charge on any atom is -0.481 e. The molecule has 4 nitrogen and oxygen atoms in total. The molecule has 0 spiro atoms. The van der Waals surface area contributed by atoms with Gasteiger partial charge in [0.2, 0.25) is 5.91 Å². The second-order valence-electron chi connectivity index (χ2n) is 5.25. The number of halogens is 2. The highest BCUT2D eigenvalue weighted by atomic mass is 35.5. The summed E-state index contributed by atoms with van der Waals surface area (Å²) in [6, 6.07) is 5.22. The van der Waals surface area contributed by atoms with Gasteiger partial charge in [0.1, 0.15) is 0 Å². The standard InChI is InChI=1S/C15H17Cl2NO3/c16-12-5-3-10(13(17)8-12)4-6-14(19)18-7-1-2-11(9-18)15(20)21/h3,5,8,11H,1-2,4,6-7,9H2,(H,20,21). The van der Waals surface area contributed by atoms with E-state index in [1.54, 1.807) is 17.0 Å². The van der Waals surface area contributed by atoms with Gasteiger partial charge in [-0.25, -0.2) is 0 Å². The molecule has 1 aromatic rings. The summed E-state index contributed by atoms with van der Waals surface area (Å²) in [7, 11) is 0. The van der Waals surface area contributed by atoms with E-state index >= 15 is 0 Å². The van der Waals surface area contributed by atoms with Gasteiger partial charge in [0, 0.05) is 29.6 Å². The second kappa shape index (κ2) is 7.14. The van der Waals surface area contributed by atoms with Crippen molar-refractivity contribution in [3.05, 3.63) is 33.8 Å². The predicted octanol–water partition coefficient (Wildman–Crippen LogP) is 3.25. The molecule has 114 valence electrons. The summed E-state index contributed by atoms with van der Waals surface area (Å²) in [5.74, 6) is -1.29. The summed E-state index contributed by atoms with van der Waals surface area (Å²) in [5.41, 5.74) is 0.876. The van der Waals surface area contributed by atoms with Crippen LogP contribution in [-0.2, 0) is 16.0 Å². The van der Waals surface area contributed by atoms with Crippen LogP contribution in [0, 0.1) is 5.92 Å². The smallest absolute Gasteiger partial charge is 0.308 e. The first-order chi connectivity index (χ1) is 9.97. The van der Waals surface area contributed by atoms with E-state index in [-0.39, 0.29) is 5.91 Å². The number of benzene rings is 1. The van der Waals surface area contributed by atoms with Crippen molar-refractivity contribution in [3.63, 3.8) is 0 Å². The molecule has 1 aliphatic heterocycles. The van der Waals surface area contributed by atoms with E-state index in [0.29, 0.717) is 42.4 Å². The van der Waals surface area contributed by atoms with E-state index in [0.717, 1.165) is 12.0 Å². The molecule has 1 aliphatic rings. The number of nitrogens with zero attached hydrogens (tertiary/aromatic N) is 1. The van der Waals surface area contributed by atoms with Crippen LogP contribution in [0.15, 0.2) is 18.2 Å². The molecular weight excluding hydrogens is 313 g/mol. The minimum absolute atomic E-state index is 0.0213. The second-order valence-corrected chi connectivity index (χ2v) is 6.10. The quantitative estimate of drug-likeness (QED) is 0.922. The van der Waals surface area contributed by atoms with E-state index in [2.05, 4.69) is 0 Å². The van der Waals surface area contributed by atoms with Crippen molar-refractivity contribution in [3.8, 4) is 0 Å². The van der Waals surface area contributed by atoms with Gasteiger partial charge in [0.25, 0.3) is 0 Å². The average Bonchev–Trinajstić information content (AvgIpc) is 2.46. The van der Waals surface area contributed by atoms with E-state index in [9.17, 15) is 9.59 Å². The molecular formula is C15H17Cl2NO3. The zero-order valence-electron chi connectivity index (χ0n) is 11.5. The fraction of sp³-hybridized carbons (Fsp3) is 0.467. The number of carbonyl (C=O) groups excluding carboxylic acids is 1. The lowest BCUT2D eigenvalue weighted by Gasteiger charge is -2.30. The van der Waals surface area contributed by atoms with Crippen molar-refractivity contribution in [2.45, 2.75) is 25.7 Å². The molecule has 0 radical (unpaired) electrons. The van der Waals surface area contributed by atoms with Gasteiger partial charge in [0.05, 0.1) is 5.92 Å². The van der Waals surface area contributed by atoms with Crippen molar-refractivity contribution < 1.29 is 14.7 Å². The zero-order chi connectivity index (χ0) is 15.4. The van der Waals surface area contributed by atoms with Gasteiger partial charge in [-0.2, -0.15) is 0 Å². The number of carbonyl (C=O) groups is 2. The van der Waals surface area contributed by atoms with Gasteiger partial charge in [-0.05, 0) is 37.0 Å². The Morgan fingerprint density at radius 1 is 1.33 bits per heavy atom. The first kappa shape index (κ1) is 16.1. The number of rotatable bonds is 4. The first-order valence-corrected chi connectivity index (χ1v) is 7.67. The van der Waals surface area contributed by atoms with E-state index in [1.807, 2.05) is 6.07 Å². The van der Waals surface area contributed by atoms with Crippen molar-refractivity contribution >= 4 is 35.1 Å². The molecule has 0 saturated carbocycles. The number of aryl methyl sites for hydroxylation is 1. The highest BCUT2D eigenvalue weighted by Gasteiger charge is 2.27. The third-order valence-electron chi connectivity index (χ3n) is 3.75. The molecule has 0 aromatic heterocycles. The molecule has 6 heteroatoms. The Labute approximate surface area is 133 Å². The number of aliphatic carboxylic acids is 1. The molecule has 21 heavy (non-hydrogen) atoms. The number of carboxylic acids is 1. The maximum atomic E-state index is 12.2. The summed E-state index contributed by atoms with van der Waals surface area (Å²) < 4.78 is 0. The van der Waals surface area contributed by atoms with Crippen molar-refractivity contribution in [2.24, 2.45) is 5.92 Å². The number of likely N-dealkylation sites (tertiary alicyclic amines) is 1. The van der Waals surface area contributed by atoms with Crippen LogP contribution in [0.3, 0.4) is 0 Å². The van der Waals surface area contributed by atoms with E-state index in [4.69, 9.17) is 28.3 Å². The molecule has 1 N–H and O–H groups in total. The van der Waals surface area contributed by atoms with Gasteiger partial charge in [0.15, 0.2) is 0 Å². The van der Waals surface area contributed by atoms with Gasteiger partial charge < -0.3 is 10.0 Å². The molecule has 1 fully saturated rings. The Morgan fingerprint density at radius 2 is 2.10 bits per heavy atom. The summed E-state index contributed by atoms with van der Waals surface area (Å²) in [5, 5.41) is 10.2. The van der Waals surface area contributed by atoms with Gasteiger partial charge in [-0.1, -0.05) is 29.3 Å². The van der Waals surface area contributed by atoms with Crippen LogP contribution in [0.4, 0.5) is 0 Å². The number of hydrogen-bond donors (Lipinski definition) is 1. The fourth-order valence-electron chi connectivity index (χ4n) is 2.53. The van der Waals surface area contributed by atoms with Gasteiger partial charge in [-0.15, -0.1) is 0 Å². The third-order valence-corrected chi connectivity index (χ3v) is 4.33. The lowest BCUT2D eigenvalue weighted by atomic mass is 9.97. The highest BCUT2D eigenvalue weighted by Crippen LogP contribution is 2.23. The summed E-state index contributed by atoms with van der Waals surface area (Å²) in [6.45, 7) is 0.944. The molecule has 1 unspecified atom stereocenters. The fourth-order valence-corrected chi connectivity index (χ4v) is 3.03. The Morgan fingerprint density at radius 3 is 2.76 bits per heavy atom. The van der Waals surface area contributed by atoms with Crippen molar-refractivity contribution in [2.75, 3.05) is 13.1 Å². The molecule has 1 aromatic carbocycles.